The number of benzene rings is 1. The number of rotatable bonds is 6. The monoisotopic (exact) mass is 334 g/mol. The molecule has 0 spiro atoms. The lowest BCUT2D eigenvalue weighted by Crippen LogP contribution is -2.30. The van der Waals surface area contributed by atoms with Crippen molar-refractivity contribution in [3.05, 3.63) is 23.8 Å². The first kappa shape index (κ1) is 18.2. The van der Waals surface area contributed by atoms with Gasteiger partial charge < -0.3 is 10.1 Å². The second-order valence-corrected chi connectivity index (χ2v) is 6.87. The number of sulfonamides is 1. The van der Waals surface area contributed by atoms with E-state index in [1.54, 1.807) is 12.1 Å². The van der Waals surface area contributed by atoms with Crippen molar-refractivity contribution in [2.24, 2.45) is 0 Å². The van der Waals surface area contributed by atoms with E-state index in [-0.39, 0.29) is 17.3 Å². The van der Waals surface area contributed by atoms with Gasteiger partial charge in [-0.15, -0.1) is 12.4 Å². The lowest BCUT2D eigenvalue weighted by molar-refractivity contribution is 0.402. The van der Waals surface area contributed by atoms with E-state index in [4.69, 9.17) is 4.74 Å². The van der Waals surface area contributed by atoms with Gasteiger partial charge in [0.1, 0.15) is 10.6 Å². The zero-order valence-corrected chi connectivity index (χ0v) is 14.0. The Morgan fingerprint density at radius 1 is 1.43 bits per heavy atom. The van der Waals surface area contributed by atoms with Crippen LogP contribution in [-0.2, 0) is 10.0 Å². The molecule has 5 nitrogen and oxygen atoms in total. The average Bonchev–Trinajstić information content (AvgIpc) is 2.91. The summed E-state index contributed by atoms with van der Waals surface area (Å²) in [5, 5.41) is 3.35. The Morgan fingerprint density at radius 3 is 2.81 bits per heavy atom. The summed E-state index contributed by atoms with van der Waals surface area (Å²) < 4.78 is 32.4. The van der Waals surface area contributed by atoms with Gasteiger partial charge in [-0.2, -0.15) is 0 Å². The number of halogens is 1. The van der Waals surface area contributed by atoms with E-state index in [0.717, 1.165) is 24.9 Å². The van der Waals surface area contributed by atoms with Crippen LogP contribution >= 0.6 is 12.4 Å². The van der Waals surface area contributed by atoms with Gasteiger partial charge in [-0.1, -0.05) is 6.07 Å². The van der Waals surface area contributed by atoms with Crippen LogP contribution in [-0.4, -0.2) is 34.7 Å². The van der Waals surface area contributed by atoms with Crippen LogP contribution in [0.5, 0.6) is 5.75 Å². The van der Waals surface area contributed by atoms with Crippen molar-refractivity contribution in [3.8, 4) is 5.75 Å². The van der Waals surface area contributed by atoms with E-state index in [1.165, 1.54) is 13.5 Å². The van der Waals surface area contributed by atoms with E-state index in [1.807, 2.05) is 13.0 Å². The molecular weight excluding hydrogens is 312 g/mol. The highest BCUT2D eigenvalue weighted by Gasteiger charge is 2.20. The van der Waals surface area contributed by atoms with Gasteiger partial charge in [0.2, 0.25) is 10.0 Å². The number of hydrogen-bond donors (Lipinski definition) is 2. The fourth-order valence-electron chi connectivity index (χ4n) is 2.44. The van der Waals surface area contributed by atoms with Crippen molar-refractivity contribution >= 4 is 22.4 Å². The third kappa shape index (κ3) is 4.85. The van der Waals surface area contributed by atoms with Crippen molar-refractivity contribution in [1.29, 1.82) is 0 Å². The number of nitrogens with one attached hydrogen (secondary N) is 2. The Hall–Kier alpha value is -0.820. The lowest BCUT2D eigenvalue weighted by Gasteiger charge is -2.13. The maximum Gasteiger partial charge on any atom is 0.244 e. The molecule has 2 rings (SSSR count). The van der Waals surface area contributed by atoms with E-state index >= 15 is 0 Å². The zero-order chi connectivity index (χ0) is 14.6. The quantitative estimate of drug-likeness (QED) is 0.833. The smallest absolute Gasteiger partial charge is 0.244 e. The van der Waals surface area contributed by atoms with Crippen LogP contribution in [0.1, 0.15) is 24.8 Å². The third-order valence-corrected chi connectivity index (χ3v) is 5.04. The molecule has 0 aliphatic carbocycles. The first-order valence-corrected chi connectivity index (χ1v) is 8.39. The van der Waals surface area contributed by atoms with E-state index < -0.39 is 10.0 Å². The van der Waals surface area contributed by atoms with Crippen LogP contribution in [0.25, 0.3) is 0 Å². The van der Waals surface area contributed by atoms with E-state index in [2.05, 4.69) is 10.0 Å². The number of ether oxygens (including phenoxy) is 1. The first-order valence-electron chi connectivity index (χ1n) is 6.90. The van der Waals surface area contributed by atoms with Crippen molar-refractivity contribution in [3.63, 3.8) is 0 Å². The molecule has 1 atom stereocenters. The molecule has 1 fully saturated rings. The highest BCUT2D eigenvalue weighted by molar-refractivity contribution is 7.89. The summed E-state index contributed by atoms with van der Waals surface area (Å²) >= 11 is 0. The second-order valence-electron chi connectivity index (χ2n) is 5.13. The molecule has 0 aromatic heterocycles. The minimum absolute atomic E-state index is 0. The zero-order valence-electron chi connectivity index (χ0n) is 12.4. The maximum absolute atomic E-state index is 12.3. The van der Waals surface area contributed by atoms with Crippen LogP contribution in [0.15, 0.2) is 23.1 Å². The van der Waals surface area contributed by atoms with Crippen LogP contribution in [0.3, 0.4) is 0 Å². The summed E-state index contributed by atoms with van der Waals surface area (Å²) in [6.07, 6.45) is 3.10. The molecule has 7 heteroatoms. The molecule has 1 aliphatic rings. The summed E-state index contributed by atoms with van der Waals surface area (Å²) in [5.74, 6) is 0.377. The average molecular weight is 335 g/mol. The highest BCUT2D eigenvalue weighted by Crippen LogP contribution is 2.24. The fourth-order valence-corrected chi connectivity index (χ4v) is 3.74. The van der Waals surface area contributed by atoms with Crippen LogP contribution in [0, 0.1) is 6.92 Å². The minimum atomic E-state index is -3.52. The standard InChI is InChI=1S/C14H22N2O3S.ClH/c1-11-5-6-13(19-2)14(10-11)20(17,18)16-9-7-12-4-3-8-15-12;/h5-6,10,12,15-16H,3-4,7-9H2,1-2H3;1H/t12-;/m1./s1. The van der Waals surface area contributed by atoms with Gasteiger partial charge >= 0.3 is 0 Å². The number of aryl methyl sites for hydroxylation is 1. The number of methoxy groups -OCH3 is 1. The Morgan fingerprint density at radius 2 is 2.19 bits per heavy atom. The van der Waals surface area contributed by atoms with Gasteiger partial charge in [-0.3, -0.25) is 0 Å². The Balaban J connectivity index is 0.00000220. The van der Waals surface area contributed by atoms with Gasteiger partial charge in [0.05, 0.1) is 7.11 Å². The molecule has 0 radical (unpaired) electrons. The van der Waals surface area contributed by atoms with E-state index in [0.29, 0.717) is 18.3 Å². The number of hydrogen-bond acceptors (Lipinski definition) is 4. The normalized spacial score (nSPS) is 18.3. The molecule has 0 saturated carbocycles. The first-order chi connectivity index (χ1) is 9.53. The molecule has 1 aliphatic heterocycles. The van der Waals surface area contributed by atoms with Crippen LogP contribution in [0.4, 0.5) is 0 Å². The lowest BCUT2D eigenvalue weighted by atomic mass is 10.2. The molecule has 1 aromatic rings. The molecule has 1 saturated heterocycles. The predicted molar refractivity (Wildman–Crippen MR) is 85.8 cm³/mol. The van der Waals surface area contributed by atoms with Crippen molar-refractivity contribution in [2.45, 2.75) is 37.1 Å². The second kappa shape index (κ2) is 7.98. The summed E-state index contributed by atoms with van der Waals surface area (Å²) in [6, 6.07) is 5.58. The minimum Gasteiger partial charge on any atom is -0.495 e. The fraction of sp³-hybridized carbons (Fsp3) is 0.571. The molecule has 21 heavy (non-hydrogen) atoms. The summed E-state index contributed by atoms with van der Waals surface area (Å²) in [7, 11) is -2.04. The molecule has 1 heterocycles. The molecule has 0 bridgehead atoms. The van der Waals surface area contributed by atoms with Crippen LogP contribution < -0.4 is 14.8 Å². The summed E-state index contributed by atoms with van der Waals surface area (Å²) in [5.41, 5.74) is 0.892. The summed E-state index contributed by atoms with van der Waals surface area (Å²) in [6.45, 7) is 3.33. The van der Waals surface area contributed by atoms with Crippen molar-refractivity contribution in [1.82, 2.24) is 10.0 Å². The Bertz CT molecular complexity index is 557. The van der Waals surface area contributed by atoms with Gasteiger partial charge in [-0.05, 0) is 50.4 Å². The largest absolute Gasteiger partial charge is 0.495 e. The molecule has 0 unspecified atom stereocenters. The SMILES string of the molecule is COc1ccc(C)cc1S(=O)(=O)NCC[C@H]1CCCN1.Cl. The van der Waals surface area contributed by atoms with Gasteiger partial charge in [0.25, 0.3) is 0 Å². The van der Waals surface area contributed by atoms with Gasteiger partial charge in [0.15, 0.2) is 0 Å². The molecule has 2 N–H and O–H groups in total. The van der Waals surface area contributed by atoms with Crippen molar-refractivity contribution < 1.29 is 13.2 Å². The van der Waals surface area contributed by atoms with Crippen LogP contribution in [0.2, 0.25) is 0 Å². The molecular formula is C14H23ClN2O3S. The molecule has 0 amide bonds. The maximum atomic E-state index is 12.3. The topological polar surface area (TPSA) is 67.4 Å². The predicted octanol–water partition coefficient (Wildman–Crippen LogP) is 1.85. The van der Waals surface area contributed by atoms with E-state index in [9.17, 15) is 8.42 Å². The Kier molecular flexibility index (Phi) is 6.93. The van der Waals surface area contributed by atoms with Gasteiger partial charge in [0, 0.05) is 12.6 Å². The molecule has 1 aromatic carbocycles. The van der Waals surface area contributed by atoms with Gasteiger partial charge in [-0.25, -0.2) is 13.1 Å². The highest BCUT2D eigenvalue weighted by atomic mass is 35.5. The Labute approximate surface area is 132 Å². The van der Waals surface area contributed by atoms with Crippen molar-refractivity contribution in [2.75, 3.05) is 20.2 Å². The summed E-state index contributed by atoms with van der Waals surface area (Å²) in [4.78, 5) is 0.208. The third-order valence-electron chi connectivity index (χ3n) is 3.56. The molecule has 120 valence electrons.